The third-order valence-electron chi connectivity index (χ3n) is 2.83. The number of benzene rings is 1. The van der Waals surface area contributed by atoms with E-state index in [0.717, 1.165) is 18.7 Å². The summed E-state index contributed by atoms with van der Waals surface area (Å²) in [6.07, 6.45) is -0.220. The van der Waals surface area contributed by atoms with Gasteiger partial charge in [0.1, 0.15) is 6.61 Å². The molecular formula is C13H19ClN2O2. The Morgan fingerprint density at radius 2 is 2.17 bits per heavy atom. The maximum Gasteiger partial charge on any atom is 0.410 e. The van der Waals surface area contributed by atoms with Crippen LogP contribution >= 0.6 is 12.4 Å². The molecule has 0 saturated carbocycles. The van der Waals surface area contributed by atoms with Gasteiger partial charge in [0, 0.05) is 25.7 Å². The summed E-state index contributed by atoms with van der Waals surface area (Å²) in [7, 11) is 0. The molecule has 5 heteroatoms. The van der Waals surface area contributed by atoms with E-state index in [1.54, 1.807) is 4.90 Å². The molecule has 1 aliphatic rings. The highest BCUT2D eigenvalue weighted by molar-refractivity contribution is 5.85. The first-order valence-electron chi connectivity index (χ1n) is 5.95. The topological polar surface area (TPSA) is 41.6 Å². The minimum atomic E-state index is -0.220. The monoisotopic (exact) mass is 270 g/mol. The number of carbonyl (C=O) groups excluding carboxylic acids is 1. The van der Waals surface area contributed by atoms with Gasteiger partial charge in [-0.15, -0.1) is 12.4 Å². The van der Waals surface area contributed by atoms with Gasteiger partial charge in [-0.2, -0.15) is 0 Å². The van der Waals surface area contributed by atoms with Crippen molar-refractivity contribution >= 4 is 18.5 Å². The van der Waals surface area contributed by atoms with Crippen molar-refractivity contribution in [3.8, 4) is 0 Å². The standard InChI is InChI=1S/C13H18N2O2.ClH/c1-11-9-15(8-7-14-11)13(16)17-10-12-5-3-2-4-6-12;/h2-6,11,14H,7-10H2,1H3;1H/t11-;/m0./s1. The summed E-state index contributed by atoms with van der Waals surface area (Å²) in [4.78, 5) is 13.5. The smallest absolute Gasteiger partial charge is 0.410 e. The lowest BCUT2D eigenvalue weighted by molar-refractivity contribution is 0.0862. The van der Waals surface area contributed by atoms with E-state index in [0.29, 0.717) is 19.2 Å². The zero-order valence-corrected chi connectivity index (χ0v) is 11.3. The zero-order valence-electron chi connectivity index (χ0n) is 10.5. The summed E-state index contributed by atoms with van der Waals surface area (Å²) in [6.45, 7) is 4.68. The summed E-state index contributed by atoms with van der Waals surface area (Å²) in [5, 5.41) is 3.29. The van der Waals surface area contributed by atoms with Crippen molar-refractivity contribution in [2.75, 3.05) is 19.6 Å². The van der Waals surface area contributed by atoms with Gasteiger partial charge in [0.25, 0.3) is 0 Å². The van der Waals surface area contributed by atoms with Gasteiger partial charge in [0.05, 0.1) is 0 Å². The van der Waals surface area contributed by atoms with Crippen molar-refractivity contribution in [1.29, 1.82) is 0 Å². The van der Waals surface area contributed by atoms with Crippen LogP contribution in [0.4, 0.5) is 4.79 Å². The predicted molar refractivity (Wildman–Crippen MR) is 72.9 cm³/mol. The summed E-state index contributed by atoms with van der Waals surface area (Å²) in [5.74, 6) is 0. The SMILES string of the molecule is C[C@H]1CN(C(=O)OCc2ccccc2)CCN1.Cl. The molecule has 0 aromatic heterocycles. The average Bonchev–Trinajstić information content (AvgIpc) is 2.37. The van der Waals surface area contributed by atoms with Crippen molar-refractivity contribution in [2.24, 2.45) is 0 Å². The van der Waals surface area contributed by atoms with Crippen LogP contribution in [0.1, 0.15) is 12.5 Å². The van der Waals surface area contributed by atoms with E-state index in [1.807, 2.05) is 30.3 Å². The molecule has 1 N–H and O–H groups in total. The minimum absolute atomic E-state index is 0. The molecule has 0 spiro atoms. The van der Waals surface area contributed by atoms with Crippen LogP contribution in [0.15, 0.2) is 30.3 Å². The van der Waals surface area contributed by atoms with E-state index in [1.165, 1.54) is 0 Å². The van der Waals surface area contributed by atoms with E-state index < -0.39 is 0 Å². The van der Waals surface area contributed by atoms with Crippen LogP contribution < -0.4 is 5.32 Å². The first-order chi connectivity index (χ1) is 8.25. The fraction of sp³-hybridized carbons (Fsp3) is 0.462. The number of piperazine rings is 1. The molecular weight excluding hydrogens is 252 g/mol. The number of nitrogens with one attached hydrogen (secondary N) is 1. The van der Waals surface area contributed by atoms with Gasteiger partial charge in [-0.1, -0.05) is 30.3 Å². The van der Waals surface area contributed by atoms with Gasteiger partial charge in [-0.3, -0.25) is 0 Å². The highest BCUT2D eigenvalue weighted by Crippen LogP contribution is 2.05. The van der Waals surface area contributed by atoms with Crippen LogP contribution in [0.2, 0.25) is 0 Å². The Morgan fingerprint density at radius 3 is 2.83 bits per heavy atom. The second-order valence-corrected chi connectivity index (χ2v) is 4.34. The van der Waals surface area contributed by atoms with E-state index in [4.69, 9.17) is 4.74 Å². The Bertz CT molecular complexity index is 373. The number of carbonyl (C=O) groups is 1. The van der Waals surface area contributed by atoms with Crippen molar-refractivity contribution in [3.05, 3.63) is 35.9 Å². The predicted octanol–water partition coefficient (Wildman–Crippen LogP) is 2.04. The summed E-state index contributed by atoms with van der Waals surface area (Å²) < 4.78 is 5.28. The molecule has 0 bridgehead atoms. The van der Waals surface area contributed by atoms with Gasteiger partial charge in [0.2, 0.25) is 0 Å². The molecule has 1 atom stereocenters. The van der Waals surface area contributed by atoms with Crippen LogP contribution in [0.5, 0.6) is 0 Å². The fourth-order valence-electron chi connectivity index (χ4n) is 1.91. The van der Waals surface area contributed by atoms with Crippen molar-refractivity contribution < 1.29 is 9.53 Å². The highest BCUT2D eigenvalue weighted by atomic mass is 35.5. The van der Waals surface area contributed by atoms with E-state index in [9.17, 15) is 4.79 Å². The quantitative estimate of drug-likeness (QED) is 0.894. The maximum absolute atomic E-state index is 11.8. The highest BCUT2D eigenvalue weighted by Gasteiger charge is 2.21. The fourth-order valence-corrected chi connectivity index (χ4v) is 1.91. The van der Waals surface area contributed by atoms with Crippen LogP contribution in [0.25, 0.3) is 0 Å². The van der Waals surface area contributed by atoms with Crippen molar-refractivity contribution in [1.82, 2.24) is 10.2 Å². The lowest BCUT2D eigenvalue weighted by Gasteiger charge is -2.31. The first-order valence-corrected chi connectivity index (χ1v) is 5.95. The molecule has 1 heterocycles. The Hall–Kier alpha value is -1.26. The van der Waals surface area contributed by atoms with Crippen LogP contribution in [0.3, 0.4) is 0 Å². The molecule has 0 unspecified atom stereocenters. The van der Waals surface area contributed by atoms with Crippen molar-refractivity contribution in [2.45, 2.75) is 19.6 Å². The molecule has 100 valence electrons. The number of amides is 1. The van der Waals surface area contributed by atoms with E-state index >= 15 is 0 Å². The molecule has 18 heavy (non-hydrogen) atoms. The third kappa shape index (κ3) is 4.20. The molecule has 1 amide bonds. The number of ether oxygens (including phenoxy) is 1. The largest absolute Gasteiger partial charge is 0.445 e. The molecule has 1 aliphatic heterocycles. The van der Waals surface area contributed by atoms with Gasteiger partial charge in [-0.25, -0.2) is 4.79 Å². The second-order valence-electron chi connectivity index (χ2n) is 4.34. The van der Waals surface area contributed by atoms with Crippen molar-refractivity contribution in [3.63, 3.8) is 0 Å². The number of rotatable bonds is 2. The average molecular weight is 271 g/mol. The first kappa shape index (κ1) is 14.8. The van der Waals surface area contributed by atoms with Gasteiger partial charge in [0.15, 0.2) is 0 Å². The normalized spacial score (nSPS) is 18.9. The van der Waals surface area contributed by atoms with Gasteiger partial charge in [-0.05, 0) is 12.5 Å². The number of hydrogen-bond donors (Lipinski definition) is 1. The minimum Gasteiger partial charge on any atom is -0.445 e. The zero-order chi connectivity index (χ0) is 12.1. The molecule has 1 saturated heterocycles. The van der Waals surface area contributed by atoms with E-state index in [2.05, 4.69) is 12.2 Å². The molecule has 4 nitrogen and oxygen atoms in total. The van der Waals surface area contributed by atoms with Crippen LogP contribution in [0, 0.1) is 0 Å². The second kappa shape index (κ2) is 7.24. The van der Waals surface area contributed by atoms with Gasteiger partial charge < -0.3 is 15.0 Å². The lowest BCUT2D eigenvalue weighted by Crippen LogP contribution is -2.51. The Balaban J connectivity index is 0.00000162. The Kier molecular flexibility index (Phi) is 5.95. The Labute approximate surface area is 114 Å². The molecule has 1 fully saturated rings. The Morgan fingerprint density at radius 1 is 1.44 bits per heavy atom. The number of nitrogens with zero attached hydrogens (tertiary/aromatic N) is 1. The molecule has 2 rings (SSSR count). The number of hydrogen-bond acceptors (Lipinski definition) is 3. The maximum atomic E-state index is 11.8. The summed E-state index contributed by atoms with van der Waals surface area (Å²) in [6, 6.07) is 10.1. The van der Waals surface area contributed by atoms with Crippen LogP contribution in [-0.4, -0.2) is 36.7 Å². The van der Waals surface area contributed by atoms with E-state index in [-0.39, 0.29) is 18.5 Å². The van der Waals surface area contributed by atoms with Crippen LogP contribution in [-0.2, 0) is 11.3 Å². The lowest BCUT2D eigenvalue weighted by atomic mass is 10.2. The molecule has 0 radical (unpaired) electrons. The summed E-state index contributed by atoms with van der Waals surface area (Å²) >= 11 is 0. The van der Waals surface area contributed by atoms with Gasteiger partial charge >= 0.3 is 6.09 Å². The molecule has 1 aromatic carbocycles. The third-order valence-corrected chi connectivity index (χ3v) is 2.83. The summed E-state index contributed by atoms with van der Waals surface area (Å²) in [5.41, 5.74) is 1.02. The molecule has 0 aliphatic carbocycles. The number of halogens is 1. The molecule has 1 aromatic rings.